The fraction of sp³-hybridized carbons (Fsp3) is 0.700. The van der Waals surface area contributed by atoms with Crippen LogP contribution in [0.2, 0.25) is 5.02 Å². The highest BCUT2D eigenvalue weighted by molar-refractivity contribution is 6.31. The first-order chi connectivity index (χ1) is 7.17. The second-order valence-corrected chi connectivity index (χ2v) is 4.31. The molecule has 0 aliphatic carbocycles. The van der Waals surface area contributed by atoms with Crippen LogP contribution in [0.15, 0.2) is 6.20 Å². The van der Waals surface area contributed by atoms with Crippen molar-refractivity contribution in [1.29, 1.82) is 0 Å². The zero-order chi connectivity index (χ0) is 10.9. The zero-order valence-corrected chi connectivity index (χ0v) is 9.52. The molecule has 1 aliphatic rings. The summed E-state index contributed by atoms with van der Waals surface area (Å²) in [6.07, 6.45) is 2.88. The van der Waals surface area contributed by atoms with E-state index in [1.54, 1.807) is 4.68 Å². The number of aryl methyl sites for hydroxylation is 1. The Hall–Kier alpha value is -0.610. The van der Waals surface area contributed by atoms with E-state index in [9.17, 15) is 4.39 Å². The summed E-state index contributed by atoms with van der Waals surface area (Å²) in [6.45, 7) is 3.79. The van der Waals surface area contributed by atoms with Crippen LogP contribution in [0.1, 0.15) is 25.5 Å². The molecule has 3 nitrogen and oxygen atoms in total. The van der Waals surface area contributed by atoms with Gasteiger partial charge in [0, 0.05) is 13.1 Å². The summed E-state index contributed by atoms with van der Waals surface area (Å²) >= 11 is 6.00. The van der Waals surface area contributed by atoms with Crippen LogP contribution in [-0.2, 0) is 12.2 Å². The van der Waals surface area contributed by atoms with Crippen LogP contribution < -0.4 is 5.32 Å². The number of alkyl halides is 1. The van der Waals surface area contributed by atoms with Crippen molar-refractivity contribution in [3.63, 3.8) is 0 Å². The lowest BCUT2D eigenvalue weighted by atomic mass is 9.92. The third-order valence-corrected chi connectivity index (χ3v) is 3.13. The van der Waals surface area contributed by atoms with E-state index in [0.717, 1.165) is 13.0 Å². The molecule has 1 aromatic rings. The van der Waals surface area contributed by atoms with E-state index in [2.05, 4.69) is 10.4 Å². The van der Waals surface area contributed by atoms with Crippen LogP contribution in [0.5, 0.6) is 0 Å². The zero-order valence-electron chi connectivity index (χ0n) is 8.76. The van der Waals surface area contributed by atoms with Crippen LogP contribution in [-0.4, -0.2) is 22.9 Å². The van der Waals surface area contributed by atoms with Gasteiger partial charge >= 0.3 is 0 Å². The molecular formula is C10H15ClFN3. The molecule has 0 bridgehead atoms. The van der Waals surface area contributed by atoms with Gasteiger partial charge in [0.2, 0.25) is 0 Å². The first-order valence-corrected chi connectivity index (χ1v) is 5.66. The Bertz CT molecular complexity index is 344. The summed E-state index contributed by atoms with van der Waals surface area (Å²) in [7, 11) is 0. The summed E-state index contributed by atoms with van der Waals surface area (Å²) in [5.41, 5.74) is -0.833. The van der Waals surface area contributed by atoms with Crippen molar-refractivity contribution >= 4 is 11.6 Å². The molecule has 15 heavy (non-hydrogen) atoms. The lowest BCUT2D eigenvalue weighted by Crippen LogP contribution is -2.41. The van der Waals surface area contributed by atoms with E-state index < -0.39 is 5.67 Å². The molecule has 1 fully saturated rings. The minimum atomic E-state index is -1.36. The maximum Gasteiger partial charge on any atom is 0.166 e. The molecule has 0 saturated carbocycles. The summed E-state index contributed by atoms with van der Waals surface area (Å²) < 4.78 is 16.3. The molecule has 0 amide bonds. The van der Waals surface area contributed by atoms with Gasteiger partial charge in [-0.2, -0.15) is 5.10 Å². The fourth-order valence-corrected chi connectivity index (χ4v) is 2.43. The van der Waals surface area contributed by atoms with E-state index in [1.165, 1.54) is 6.20 Å². The van der Waals surface area contributed by atoms with E-state index in [-0.39, 0.29) is 0 Å². The number of halogens is 2. The van der Waals surface area contributed by atoms with Crippen molar-refractivity contribution in [2.45, 2.75) is 32.0 Å². The van der Waals surface area contributed by atoms with Gasteiger partial charge in [0.25, 0.3) is 0 Å². The summed E-state index contributed by atoms with van der Waals surface area (Å²) in [4.78, 5) is 0. The smallest absolute Gasteiger partial charge is 0.166 e. The summed E-state index contributed by atoms with van der Waals surface area (Å²) in [5, 5.41) is 7.57. The molecule has 1 saturated heterocycles. The molecule has 84 valence electrons. The van der Waals surface area contributed by atoms with Crippen LogP contribution in [0, 0.1) is 0 Å². The van der Waals surface area contributed by atoms with Crippen LogP contribution in [0.3, 0.4) is 0 Å². The third kappa shape index (κ3) is 1.88. The topological polar surface area (TPSA) is 29.9 Å². The fourth-order valence-electron chi connectivity index (χ4n) is 2.12. The minimum absolute atomic E-state index is 0.332. The van der Waals surface area contributed by atoms with Gasteiger partial charge in [-0.15, -0.1) is 0 Å². The highest BCUT2D eigenvalue weighted by atomic mass is 35.5. The van der Waals surface area contributed by atoms with Crippen molar-refractivity contribution < 1.29 is 4.39 Å². The quantitative estimate of drug-likeness (QED) is 0.845. The molecule has 1 aliphatic heterocycles. The lowest BCUT2D eigenvalue weighted by molar-refractivity contribution is 0.110. The largest absolute Gasteiger partial charge is 0.313 e. The monoisotopic (exact) mass is 231 g/mol. The van der Waals surface area contributed by atoms with Crippen molar-refractivity contribution in [3.8, 4) is 0 Å². The van der Waals surface area contributed by atoms with Gasteiger partial charge in [0.05, 0.1) is 16.9 Å². The Morgan fingerprint density at radius 2 is 2.53 bits per heavy atom. The molecule has 1 unspecified atom stereocenters. The van der Waals surface area contributed by atoms with Gasteiger partial charge in [-0.25, -0.2) is 4.39 Å². The number of rotatable bonds is 2. The Kier molecular flexibility index (Phi) is 2.98. The third-order valence-electron chi connectivity index (χ3n) is 2.85. The highest BCUT2D eigenvalue weighted by Crippen LogP contribution is 2.36. The number of nitrogens with one attached hydrogen (secondary N) is 1. The van der Waals surface area contributed by atoms with E-state index in [1.807, 2.05) is 6.92 Å². The van der Waals surface area contributed by atoms with Gasteiger partial charge in [-0.1, -0.05) is 11.6 Å². The van der Waals surface area contributed by atoms with Crippen LogP contribution in [0.25, 0.3) is 0 Å². The van der Waals surface area contributed by atoms with Crippen molar-refractivity contribution in [3.05, 3.63) is 16.9 Å². The molecule has 1 aromatic heterocycles. The Balaban J connectivity index is 2.37. The van der Waals surface area contributed by atoms with Crippen LogP contribution in [0.4, 0.5) is 4.39 Å². The maximum atomic E-state index is 14.6. The minimum Gasteiger partial charge on any atom is -0.313 e. The normalized spacial score (nSPS) is 26.9. The molecule has 1 atom stereocenters. The average molecular weight is 232 g/mol. The van der Waals surface area contributed by atoms with Crippen molar-refractivity contribution in [1.82, 2.24) is 15.1 Å². The number of aromatic nitrogens is 2. The van der Waals surface area contributed by atoms with E-state index >= 15 is 0 Å². The molecule has 5 heteroatoms. The number of piperidine rings is 1. The molecule has 2 rings (SSSR count). The molecule has 1 N–H and O–H groups in total. The SMILES string of the molecule is CCn1ncc(Cl)c1C1(F)CCCNC1. The average Bonchev–Trinajstić information content (AvgIpc) is 2.61. The Morgan fingerprint density at radius 1 is 1.73 bits per heavy atom. The molecule has 0 aromatic carbocycles. The number of nitrogens with zero attached hydrogens (tertiary/aromatic N) is 2. The van der Waals surface area contributed by atoms with Gasteiger partial charge in [0.15, 0.2) is 5.67 Å². The first kappa shape index (κ1) is 10.9. The predicted molar refractivity (Wildman–Crippen MR) is 57.8 cm³/mol. The van der Waals surface area contributed by atoms with Gasteiger partial charge in [-0.3, -0.25) is 4.68 Å². The summed E-state index contributed by atoms with van der Waals surface area (Å²) in [5.74, 6) is 0. The van der Waals surface area contributed by atoms with E-state index in [0.29, 0.717) is 30.2 Å². The second kappa shape index (κ2) is 4.10. The van der Waals surface area contributed by atoms with Gasteiger partial charge in [-0.05, 0) is 26.3 Å². The highest BCUT2D eigenvalue weighted by Gasteiger charge is 2.38. The second-order valence-electron chi connectivity index (χ2n) is 3.90. The maximum absolute atomic E-state index is 14.6. The standard InChI is InChI=1S/C10H15ClFN3/c1-2-15-9(8(11)6-14-15)10(12)4-3-5-13-7-10/h6,13H,2-5,7H2,1H3. The molecule has 0 spiro atoms. The molecule has 2 heterocycles. The van der Waals surface area contributed by atoms with Gasteiger partial charge in [0.1, 0.15) is 0 Å². The van der Waals surface area contributed by atoms with Crippen molar-refractivity contribution in [2.24, 2.45) is 0 Å². The lowest BCUT2D eigenvalue weighted by Gasteiger charge is -2.30. The Morgan fingerprint density at radius 3 is 3.13 bits per heavy atom. The molecule has 0 radical (unpaired) electrons. The number of hydrogen-bond donors (Lipinski definition) is 1. The van der Waals surface area contributed by atoms with E-state index in [4.69, 9.17) is 11.6 Å². The number of hydrogen-bond acceptors (Lipinski definition) is 2. The molecular weight excluding hydrogens is 217 g/mol. The van der Waals surface area contributed by atoms with Crippen molar-refractivity contribution in [2.75, 3.05) is 13.1 Å². The first-order valence-electron chi connectivity index (χ1n) is 5.29. The van der Waals surface area contributed by atoms with Crippen LogP contribution >= 0.6 is 11.6 Å². The Labute approximate surface area is 93.6 Å². The van der Waals surface area contributed by atoms with Gasteiger partial charge < -0.3 is 5.32 Å². The summed E-state index contributed by atoms with van der Waals surface area (Å²) in [6, 6.07) is 0. The predicted octanol–water partition coefficient (Wildman–Crippen LogP) is 2.10.